The van der Waals surface area contributed by atoms with Gasteiger partial charge in [0, 0.05) is 11.6 Å². The van der Waals surface area contributed by atoms with Crippen molar-refractivity contribution in [1.82, 2.24) is 0 Å². The van der Waals surface area contributed by atoms with E-state index >= 15 is 0 Å². The monoisotopic (exact) mass is 294 g/mol. The minimum absolute atomic E-state index is 0.269. The van der Waals surface area contributed by atoms with Crippen LogP contribution in [0.4, 0.5) is 0 Å². The number of hydrogen-bond donors (Lipinski definition) is 0. The predicted molar refractivity (Wildman–Crippen MR) is 90.4 cm³/mol. The lowest BCUT2D eigenvalue weighted by Gasteiger charge is -2.29. The summed E-state index contributed by atoms with van der Waals surface area (Å²) in [4.78, 5) is 0. The molecule has 22 heavy (non-hydrogen) atoms. The molecule has 1 aliphatic heterocycles. The summed E-state index contributed by atoms with van der Waals surface area (Å²) in [6.07, 6.45) is 4.23. The largest absolute Gasteiger partial charge is 0.489 e. The molecule has 0 bridgehead atoms. The van der Waals surface area contributed by atoms with Crippen molar-refractivity contribution in [3.63, 3.8) is 0 Å². The van der Waals surface area contributed by atoms with Crippen LogP contribution in [-0.4, -0.2) is 5.60 Å². The summed E-state index contributed by atoms with van der Waals surface area (Å²) in [5.41, 5.74) is 4.47. The summed E-state index contributed by atoms with van der Waals surface area (Å²) in [6.45, 7) is 8.86. The van der Waals surface area contributed by atoms with Crippen molar-refractivity contribution in [2.24, 2.45) is 0 Å². The van der Waals surface area contributed by atoms with Gasteiger partial charge in [-0.25, -0.2) is 0 Å². The first-order valence-electron chi connectivity index (χ1n) is 7.64. The topological polar surface area (TPSA) is 18.5 Å². The lowest BCUT2D eigenvalue weighted by molar-refractivity contribution is 0.158. The zero-order chi connectivity index (χ0) is 15.7. The lowest BCUT2D eigenvalue weighted by Crippen LogP contribution is -2.27. The van der Waals surface area contributed by atoms with Crippen LogP contribution in [0.25, 0.3) is 6.08 Å². The molecule has 2 nitrogen and oxygen atoms in total. The number of benzene rings is 2. The molecule has 0 amide bonds. The fourth-order valence-electron chi connectivity index (χ4n) is 2.57. The highest BCUT2D eigenvalue weighted by Crippen LogP contribution is 2.36. The van der Waals surface area contributed by atoms with E-state index in [0.29, 0.717) is 6.61 Å². The summed E-state index contributed by atoms with van der Waals surface area (Å²) in [5.74, 6) is 1.74. The van der Waals surface area contributed by atoms with Gasteiger partial charge in [0.25, 0.3) is 0 Å². The summed E-state index contributed by atoms with van der Waals surface area (Å²) in [6, 6.07) is 12.5. The van der Waals surface area contributed by atoms with Gasteiger partial charge in [0.1, 0.15) is 23.7 Å². The highest BCUT2D eigenvalue weighted by molar-refractivity contribution is 5.66. The zero-order valence-corrected chi connectivity index (χ0v) is 13.6. The van der Waals surface area contributed by atoms with Crippen LogP contribution in [0.5, 0.6) is 11.5 Å². The number of rotatable bonds is 3. The van der Waals surface area contributed by atoms with Gasteiger partial charge in [-0.3, -0.25) is 0 Å². The molecule has 2 aromatic carbocycles. The average molecular weight is 294 g/mol. The molecular formula is C20H22O2. The van der Waals surface area contributed by atoms with Gasteiger partial charge in [0.2, 0.25) is 0 Å². The summed E-state index contributed by atoms with van der Waals surface area (Å²) in [7, 11) is 0. The zero-order valence-electron chi connectivity index (χ0n) is 13.6. The molecule has 0 fully saturated rings. The fraction of sp³-hybridized carbons (Fsp3) is 0.300. The molecule has 2 aromatic rings. The first kappa shape index (κ1) is 14.7. The summed E-state index contributed by atoms with van der Waals surface area (Å²) >= 11 is 0. The third-order valence-electron chi connectivity index (χ3n) is 3.87. The van der Waals surface area contributed by atoms with E-state index < -0.39 is 0 Å². The Hall–Kier alpha value is -2.22. The van der Waals surface area contributed by atoms with E-state index in [9.17, 15) is 0 Å². The molecule has 1 heterocycles. The third kappa shape index (κ3) is 3.16. The minimum Gasteiger partial charge on any atom is -0.489 e. The van der Waals surface area contributed by atoms with Gasteiger partial charge in [-0.1, -0.05) is 35.9 Å². The summed E-state index contributed by atoms with van der Waals surface area (Å²) in [5, 5.41) is 0. The van der Waals surface area contributed by atoms with Gasteiger partial charge in [0.05, 0.1) is 0 Å². The fourth-order valence-corrected chi connectivity index (χ4v) is 2.57. The molecule has 1 aliphatic rings. The molecule has 3 rings (SSSR count). The molecule has 0 saturated heterocycles. The molecule has 0 atom stereocenters. The number of ether oxygens (including phenoxy) is 2. The van der Waals surface area contributed by atoms with Crippen LogP contribution in [0.2, 0.25) is 0 Å². The van der Waals surface area contributed by atoms with Crippen LogP contribution in [0.3, 0.4) is 0 Å². The van der Waals surface area contributed by atoms with Gasteiger partial charge >= 0.3 is 0 Å². The van der Waals surface area contributed by atoms with E-state index in [1.54, 1.807) is 0 Å². The van der Waals surface area contributed by atoms with Crippen molar-refractivity contribution in [1.29, 1.82) is 0 Å². The molecule has 0 N–H and O–H groups in total. The maximum absolute atomic E-state index is 6.04. The Morgan fingerprint density at radius 2 is 1.77 bits per heavy atom. The minimum atomic E-state index is -0.269. The van der Waals surface area contributed by atoms with Crippen LogP contribution in [-0.2, 0) is 6.61 Å². The van der Waals surface area contributed by atoms with Gasteiger partial charge in [-0.15, -0.1) is 0 Å². The Kier molecular flexibility index (Phi) is 3.69. The lowest BCUT2D eigenvalue weighted by atomic mass is 9.99. The number of hydrogen-bond acceptors (Lipinski definition) is 2. The van der Waals surface area contributed by atoms with Crippen molar-refractivity contribution in [3.05, 3.63) is 64.7 Å². The van der Waals surface area contributed by atoms with E-state index in [0.717, 1.165) is 17.1 Å². The highest BCUT2D eigenvalue weighted by atomic mass is 16.5. The first-order chi connectivity index (χ1) is 10.4. The summed E-state index contributed by atoms with van der Waals surface area (Å²) < 4.78 is 12.0. The predicted octanol–water partition coefficient (Wildman–Crippen LogP) is 5.07. The van der Waals surface area contributed by atoms with Crippen LogP contribution in [0, 0.1) is 13.8 Å². The van der Waals surface area contributed by atoms with Crippen LogP contribution < -0.4 is 9.47 Å². The van der Waals surface area contributed by atoms with E-state index in [-0.39, 0.29) is 5.60 Å². The average Bonchev–Trinajstić information content (AvgIpc) is 2.45. The van der Waals surface area contributed by atoms with Crippen LogP contribution in [0.1, 0.15) is 36.1 Å². The van der Waals surface area contributed by atoms with Crippen molar-refractivity contribution in [2.75, 3.05) is 0 Å². The molecule has 0 unspecified atom stereocenters. The molecule has 2 heteroatoms. The molecule has 0 spiro atoms. The Bertz CT molecular complexity index is 709. The normalized spacial score (nSPS) is 15.1. The molecule has 0 aromatic heterocycles. The second-order valence-corrected chi connectivity index (χ2v) is 6.47. The molecule has 114 valence electrons. The second-order valence-electron chi connectivity index (χ2n) is 6.47. The van der Waals surface area contributed by atoms with E-state index in [1.807, 2.05) is 6.07 Å². The smallest absolute Gasteiger partial charge is 0.131 e. The maximum Gasteiger partial charge on any atom is 0.131 e. The van der Waals surface area contributed by atoms with Gasteiger partial charge in [-0.2, -0.15) is 0 Å². The Morgan fingerprint density at radius 1 is 1.05 bits per heavy atom. The Morgan fingerprint density at radius 3 is 2.50 bits per heavy atom. The van der Waals surface area contributed by atoms with E-state index in [4.69, 9.17) is 9.47 Å². The third-order valence-corrected chi connectivity index (χ3v) is 3.87. The van der Waals surface area contributed by atoms with E-state index in [2.05, 4.69) is 70.2 Å². The van der Waals surface area contributed by atoms with Crippen LogP contribution >= 0.6 is 0 Å². The number of aryl methyl sites for hydroxylation is 2. The first-order valence-corrected chi connectivity index (χ1v) is 7.64. The van der Waals surface area contributed by atoms with Gasteiger partial charge < -0.3 is 9.47 Å². The Labute approximate surface area is 132 Å². The molecule has 0 radical (unpaired) electrons. The van der Waals surface area contributed by atoms with Crippen molar-refractivity contribution >= 4 is 6.08 Å². The molecular weight excluding hydrogens is 272 g/mol. The van der Waals surface area contributed by atoms with Crippen LogP contribution in [0.15, 0.2) is 42.5 Å². The van der Waals surface area contributed by atoms with Crippen molar-refractivity contribution in [2.45, 2.75) is 39.9 Å². The Balaban J connectivity index is 1.79. The van der Waals surface area contributed by atoms with E-state index in [1.165, 1.54) is 16.7 Å². The highest BCUT2D eigenvalue weighted by Gasteiger charge is 2.23. The second kappa shape index (κ2) is 5.53. The number of fused-ring (bicyclic) bond motifs is 1. The standard InChI is InChI=1S/C20H22O2/c1-14-5-7-16(8-6-14)13-21-17-11-15(2)18-9-10-20(3,4)22-19(18)12-17/h5-12H,13H2,1-4H3. The SMILES string of the molecule is Cc1ccc(COc2cc(C)c3c(c2)OC(C)(C)C=C3)cc1. The van der Waals surface area contributed by atoms with Gasteiger partial charge in [-0.05, 0) is 51.0 Å². The van der Waals surface area contributed by atoms with Crippen molar-refractivity contribution < 1.29 is 9.47 Å². The quantitative estimate of drug-likeness (QED) is 0.787. The maximum atomic E-state index is 6.04. The van der Waals surface area contributed by atoms with Gasteiger partial charge in [0.15, 0.2) is 0 Å². The molecule has 0 aliphatic carbocycles. The molecule has 0 saturated carbocycles. The van der Waals surface area contributed by atoms with Crippen molar-refractivity contribution in [3.8, 4) is 11.5 Å².